The number of aromatic nitrogens is 2. The maximum atomic E-state index is 12.3. The molecule has 1 saturated heterocycles. The minimum atomic E-state index is -3.15. The molecule has 0 spiro atoms. The van der Waals surface area contributed by atoms with Gasteiger partial charge in [0.25, 0.3) is 0 Å². The lowest BCUT2D eigenvalue weighted by Gasteiger charge is -2.29. The van der Waals surface area contributed by atoms with Gasteiger partial charge in [0.1, 0.15) is 0 Å². The average Bonchev–Trinajstić information content (AvgIpc) is 3.23. The number of thiophene rings is 1. The van der Waals surface area contributed by atoms with E-state index in [0.29, 0.717) is 32.5 Å². The second kappa shape index (κ2) is 7.89. The Labute approximate surface area is 158 Å². The van der Waals surface area contributed by atoms with Gasteiger partial charge in [0, 0.05) is 54.1 Å². The number of hydrogen-bond acceptors (Lipinski definition) is 5. The van der Waals surface area contributed by atoms with Gasteiger partial charge in [-0.2, -0.15) is 5.10 Å². The number of amides is 1. The van der Waals surface area contributed by atoms with Gasteiger partial charge in [0.2, 0.25) is 15.9 Å². The van der Waals surface area contributed by atoms with Gasteiger partial charge in [0.05, 0.1) is 12.5 Å². The van der Waals surface area contributed by atoms with Crippen molar-refractivity contribution in [2.45, 2.75) is 19.3 Å². The van der Waals surface area contributed by atoms with E-state index < -0.39 is 10.0 Å². The molecule has 1 N–H and O–H groups in total. The topological polar surface area (TPSA) is 84.3 Å². The molecule has 1 amide bonds. The molecule has 0 aliphatic carbocycles. The first-order valence-corrected chi connectivity index (χ1v) is 11.3. The van der Waals surface area contributed by atoms with E-state index in [2.05, 4.69) is 22.5 Å². The summed E-state index contributed by atoms with van der Waals surface area (Å²) in [7, 11) is -1.25. The summed E-state index contributed by atoms with van der Waals surface area (Å²) >= 11 is 1.71. The van der Waals surface area contributed by atoms with E-state index in [0.717, 1.165) is 12.0 Å². The van der Waals surface area contributed by atoms with Crippen molar-refractivity contribution in [2.75, 3.05) is 25.9 Å². The minimum absolute atomic E-state index is 0.0298. The molecule has 9 heteroatoms. The first-order valence-electron chi connectivity index (χ1n) is 8.63. The number of rotatable bonds is 6. The fraction of sp³-hybridized carbons (Fsp3) is 0.529. The van der Waals surface area contributed by atoms with Gasteiger partial charge < -0.3 is 5.32 Å². The summed E-state index contributed by atoms with van der Waals surface area (Å²) in [5, 5.41) is 7.18. The highest BCUT2D eigenvalue weighted by atomic mass is 32.2. The van der Waals surface area contributed by atoms with Gasteiger partial charge >= 0.3 is 0 Å². The summed E-state index contributed by atoms with van der Waals surface area (Å²) in [5.74, 6) is -0.0653. The van der Waals surface area contributed by atoms with Crippen molar-refractivity contribution < 1.29 is 13.2 Å². The Bertz CT molecular complexity index is 864. The Morgan fingerprint density at radius 3 is 2.69 bits per heavy atom. The molecule has 3 heterocycles. The maximum absolute atomic E-state index is 12.3. The van der Waals surface area contributed by atoms with Crippen molar-refractivity contribution in [2.24, 2.45) is 13.0 Å². The number of sulfonamides is 1. The van der Waals surface area contributed by atoms with Gasteiger partial charge in [-0.15, -0.1) is 11.3 Å². The molecule has 0 saturated carbocycles. The third-order valence-corrected chi connectivity index (χ3v) is 7.11. The highest BCUT2D eigenvalue weighted by Crippen LogP contribution is 2.27. The molecule has 142 valence electrons. The molecule has 2 aromatic heterocycles. The zero-order valence-electron chi connectivity index (χ0n) is 15.0. The van der Waals surface area contributed by atoms with E-state index in [-0.39, 0.29) is 11.8 Å². The Kier molecular flexibility index (Phi) is 5.79. The number of aryl methyl sites for hydroxylation is 1. The second-order valence-corrected chi connectivity index (χ2v) is 9.80. The molecule has 0 bridgehead atoms. The molecule has 0 unspecified atom stereocenters. The van der Waals surface area contributed by atoms with Crippen LogP contribution in [0.25, 0.3) is 10.4 Å². The fourth-order valence-corrected chi connectivity index (χ4v) is 4.97. The molecule has 1 aliphatic heterocycles. The third kappa shape index (κ3) is 4.72. The van der Waals surface area contributed by atoms with Crippen LogP contribution in [0.15, 0.2) is 24.5 Å². The third-order valence-electron chi connectivity index (χ3n) is 4.62. The smallest absolute Gasteiger partial charge is 0.223 e. The Morgan fingerprint density at radius 1 is 1.35 bits per heavy atom. The van der Waals surface area contributed by atoms with E-state index in [1.807, 2.05) is 19.4 Å². The first kappa shape index (κ1) is 19.1. The molecule has 0 atom stereocenters. The number of carbonyl (C=O) groups excluding carboxylic acids is 1. The van der Waals surface area contributed by atoms with Crippen LogP contribution in [0.4, 0.5) is 0 Å². The molecular weight excluding hydrogens is 372 g/mol. The summed E-state index contributed by atoms with van der Waals surface area (Å²) in [4.78, 5) is 14.7. The highest BCUT2D eigenvalue weighted by molar-refractivity contribution is 7.88. The molecule has 7 nitrogen and oxygen atoms in total. The summed E-state index contributed by atoms with van der Waals surface area (Å²) in [6.07, 6.45) is 7.01. The van der Waals surface area contributed by atoms with Crippen LogP contribution in [-0.2, 0) is 28.3 Å². The van der Waals surface area contributed by atoms with Crippen LogP contribution in [0, 0.1) is 5.92 Å². The fourth-order valence-electron chi connectivity index (χ4n) is 3.12. The number of nitrogens with zero attached hydrogens (tertiary/aromatic N) is 3. The normalized spacial score (nSPS) is 16.7. The van der Waals surface area contributed by atoms with Gasteiger partial charge in [-0.1, -0.05) is 0 Å². The van der Waals surface area contributed by atoms with Crippen LogP contribution in [0.2, 0.25) is 0 Å². The lowest BCUT2D eigenvalue weighted by molar-refractivity contribution is -0.126. The zero-order chi connectivity index (χ0) is 18.7. The first-order chi connectivity index (χ1) is 12.3. The molecule has 0 aromatic carbocycles. The predicted octanol–water partition coefficient (Wildman–Crippen LogP) is 1.48. The van der Waals surface area contributed by atoms with Crippen molar-refractivity contribution in [3.05, 3.63) is 29.4 Å². The summed E-state index contributed by atoms with van der Waals surface area (Å²) in [5.41, 5.74) is 1.10. The van der Waals surface area contributed by atoms with E-state index >= 15 is 0 Å². The summed E-state index contributed by atoms with van der Waals surface area (Å²) < 4.78 is 26.3. The van der Waals surface area contributed by atoms with Gasteiger partial charge in [-0.3, -0.25) is 9.48 Å². The lowest BCUT2D eigenvalue weighted by Crippen LogP contribution is -2.42. The van der Waals surface area contributed by atoms with Crippen LogP contribution >= 0.6 is 11.3 Å². The molecule has 3 rings (SSSR count). The van der Waals surface area contributed by atoms with Crippen LogP contribution in [0.1, 0.15) is 17.7 Å². The van der Waals surface area contributed by atoms with Crippen molar-refractivity contribution in [3.8, 4) is 10.4 Å². The molecule has 1 aliphatic rings. The second-order valence-electron chi connectivity index (χ2n) is 6.65. The largest absolute Gasteiger partial charge is 0.355 e. The van der Waals surface area contributed by atoms with E-state index in [9.17, 15) is 13.2 Å². The van der Waals surface area contributed by atoms with Gasteiger partial charge in [0.15, 0.2) is 0 Å². The van der Waals surface area contributed by atoms with Crippen LogP contribution < -0.4 is 5.32 Å². The molecule has 0 radical (unpaired) electrons. The quantitative estimate of drug-likeness (QED) is 0.802. The lowest BCUT2D eigenvalue weighted by atomic mass is 9.97. The van der Waals surface area contributed by atoms with Gasteiger partial charge in [-0.25, -0.2) is 12.7 Å². The van der Waals surface area contributed by atoms with E-state index in [4.69, 9.17) is 0 Å². The maximum Gasteiger partial charge on any atom is 0.223 e. The molecule has 2 aromatic rings. The molecule has 1 fully saturated rings. The minimum Gasteiger partial charge on any atom is -0.355 e. The van der Waals surface area contributed by atoms with Gasteiger partial charge in [-0.05, 0) is 31.4 Å². The van der Waals surface area contributed by atoms with Crippen LogP contribution in [0.5, 0.6) is 0 Å². The standard InChI is InChI=1S/C17H24N4O3S2/c1-20-12-14(11-19-20)16-4-3-15(25-16)5-8-18-17(22)13-6-9-21(10-7-13)26(2,23)24/h3-4,11-13H,5-10H2,1-2H3,(H,18,22). The molecule has 26 heavy (non-hydrogen) atoms. The van der Waals surface area contributed by atoms with E-state index in [1.54, 1.807) is 16.0 Å². The average molecular weight is 397 g/mol. The van der Waals surface area contributed by atoms with E-state index in [1.165, 1.54) is 20.3 Å². The van der Waals surface area contributed by atoms with Crippen molar-refractivity contribution in [1.82, 2.24) is 19.4 Å². The summed E-state index contributed by atoms with van der Waals surface area (Å²) in [6, 6.07) is 4.17. The Morgan fingerprint density at radius 2 is 2.08 bits per heavy atom. The van der Waals surface area contributed by atoms with Crippen LogP contribution in [0.3, 0.4) is 0 Å². The monoisotopic (exact) mass is 396 g/mol. The number of hydrogen-bond donors (Lipinski definition) is 1. The highest BCUT2D eigenvalue weighted by Gasteiger charge is 2.28. The molecular formula is C17H24N4O3S2. The SMILES string of the molecule is Cn1cc(-c2ccc(CCNC(=O)C3CCN(S(C)(=O)=O)CC3)s2)cn1. The number of piperidine rings is 1. The number of nitrogens with one attached hydrogen (secondary N) is 1. The van der Waals surface area contributed by atoms with Crippen molar-refractivity contribution >= 4 is 27.3 Å². The Balaban J connectivity index is 1.44. The predicted molar refractivity (Wildman–Crippen MR) is 102 cm³/mol. The van der Waals surface area contributed by atoms with Crippen molar-refractivity contribution in [1.29, 1.82) is 0 Å². The Hall–Kier alpha value is -1.71. The van der Waals surface area contributed by atoms with Crippen LogP contribution in [-0.4, -0.2) is 54.3 Å². The van der Waals surface area contributed by atoms with Crippen molar-refractivity contribution in [3.63, 3.8) is 0 Å². The number of carbonyl (C=O) groups is 1. The summed E-state index contributed by atoms with van der Waals surface area (Å²) in [6.45, 7) is 1.45. The zero-order valence-corrected chi connectivity index (χ0v) is 16.6.